The summed E-state index contributed by atoms with van der Waals surface area (Å²) >= 11 is 5.93. The Bertz CT molecular complexity index is 613. The fraction of sp³-hybridized carbons (Fsp3) is 0.600. The minimum absolute atomic E-state index is 0.0599. The molecular formula is C20H27ClN2O2. The number of carbonyl (C=O) groups is 2. The van der Waals surface area contributed by atoms with E-state index in [0.717, 1.165) is 25.1 Å². The average molecular weight is 363 g/mol. The summed E-state index contributed by atoms with van der Waals surface area (Å²) in [4.78, 5) is 29.1. The van der Waals surface area contributed by atoms with Crippen molar-refractivity contribution in [1.82, 2.24) is 9.80 Å². The second kappa shape index (κ2) is 8.22. The number of carbonyl (C=O) groups excluding carboxylic acids is 2. The van der Waals surface area contributed by atoms with Gasteiger partial charge in [-0.15, -0.1) is 0 Å². The average Bonchev–Trinajstić information content (AvgIpc) is 3.42. The summed E-state index contributed by atoms with van der Waals surface area (Å²) in [7, 11) is 0. The first-order chi connectivity index (χ1) is 12.1. The zero-order valence-corrected chi connectivity index (χ0v) is 15.7. The highest BCUT2D eigenvalue weighted by Crippen LogP contribution is 2.31. The molecule has 2 fully saturated rings. The molecule has 2 amide bonds. The van der Waals surface area contributed by atoms with Gasteiger partial charge in [0, 0.05) is 37.6 Å². The molecule has 0 bridgehead atoms. The van der Waals surface area contributed by atoms with Gasteiger partial charge in [0.05, 0.1) is 5.92 Å². The first kappa shape index (κ1) is 18.2. The van der Waals surface area contributed by atoms with Crippen LogP contribution in [-0.2, 0) is 16.1 Å². The van der Waals surface area contributed by atoms with E-state index in [1.165, 1.54) is 12.8 Å². The Balaban J connectivity index is 1.62. The van der Waals surface area contributed by atoms with Gasteiger partial charge in [-0.25, -0.2) is 0 Å². The van der Waals surface area contributed by atoms with E-state index < -0.39 is 0 Å². The van der Waals surface area contributed by atoms with Gasteiger partial charge in [-0.2, -0.15) is 0 Å². The lowest BCUT2D eigenvalue weighted by Gasteiger charge is -2.35. The Kier molecular flexibility index (Phi) is 6.00. The molecule has 0 radical (unpaired) electrons. The van der Waals surface area contributed by atoms with E-state index in [9.17, 15) is 9.59 Å². The van der Waals surface area contributed by atoms with E-state index in [2.05, 4.69) is 6.92 Å². The van der Waals surface area contributed by atoms with Crippen molar-refractivity contribution in [3.05, 3.63) is 34.9 Å². The number of piperidine rings is 1. The maximum Gasteiger partial charge on any atom is 0.227 e. The van der Waals surface area contributed by atoms with Gasteiger partial charge in [0.25, 0.3) is 0 Å². The fourth-order valence-corrected chi connectivity index (χ4v) is 3.64. The van der Waals surface area contributed by atoms with E-state index in [1.54, 1.807) is 0 Å². The molecule has 5 heteroatoms. The third-order valence-electron chi connectivity index (χ3n) is 5.12. The summed E-state index contributed by atoms with van der Waals surface area (Å²) in [6, 6.07) is 7.56. The fourth-order valence-electron chi connectivity index (χ4n) is 3.51. The van der Waals surface area contributed by atoms with Crippen molar-refractivity contribution in [2.45, 2.75) is 45.6 Å². The number of nitrogens with zero attached hydrogens (tertiary/aromatic N) is 2. The van der Waals surface area contributed by atoms with Crippen LogP contribution in [0.1, 0.15) is 44.6 Å². The second-order valence-corrected chi connectivity index (χ2v) is 7.80. The van der Waals surface area contributed by atoms with E-state index in [0.29, 0.717) is 36.9 Å². The predicted molar refractivity (Wildman–Crippen MR) is 99.2 cm³/mol. The lowest BCUT2D eigenvalue weighted by Crippen LogP contribution is -2.47. The van der Waals surface area contributed by atoms with Gasteiger partial charge >= 0.3 is 0 Å². The van der Waals surface area contributed by atoms with Gasteiger partial charge in [0.2, 0.25) is 11.8 Å². The number of rotatable bonds is 7. The molecule has 0 aromatic heterocycles. The van der Waals surface area contributed by atoms with Crippen LogP contribution in [0.2, 0.25) is 5.02 Å². The largest absolute Gasteiger partial charge is 0.342 e. The van der Waals surface area contributed by atoms with Crippen molar-refractivity contribution in [3.8, 4) is 0 Å². The number of benzene rings is 1. The smallest absolute Gasteiger partial charge is 0.227 e. The van der Waals surface area contributed by atoms with Crippen LogP contribution < -0.4 is 0 Å². The van der Waals surface area contributed by atoms with E-state index >= 15 is 0 Å². The highest BCUT2D eigenvalue weighted by Gasteiger charge is 2.34. The van der Waals surface area contributed by atoms with Crippen molar-refractivity contribution in [1.29, 1.82) is 0 Å². The van der Waals surface area contributed by atoms with Crippen LogP contribution in [0.4, 0.5) is 0 Å². The van der Waals surface area contributed by atoms with Gasteiger partial charge < -0.3 is 9.80 Å². The molecular weight excluding hydrogens is 336 g/mol. The van der Waals surface area contributed by atoms with Crippen LogP contribution in [-0.4, -0.2) is 41.2 Å². The first-order valence-corrected chi connectivity index (χ1v) is 9.75. The van der Waals surface area contributed by atoms with Crippen LogP contribution in [0.25, 0.3) is 0 Å². The minimum Gasteiger partial charge on any atom is -0.342 e. The van der Waals surface area contributed by atoms with Crippen molar-refractivity contribution < 1.29 is 9.59 Å². The Morgan fingerprint density at radius 2 is 1.96 bits per heavy atom. The SMILES string of the molecule is CCCN(CC1CC1)C(=O)C1CCC(=O)N(Cc2ccc(Cl)cc2)C1. The van der Waals surface area contributed by atoms with Gasteiger partial charge in [-0.3, -0.25) is 9.59 Å². The van der Waals surface area contributed by atoms with E-state index in [4.69, 9.17) is 11.6 Å². The molecule has 0 N–H and O–H groups in total. The molecule has 4 nitrogen and oxygen atoms in total. The van der Waals surface area contributed by atoms with E-state index in [-0.39, 0.29) is 17.7 Å². The molecule has 1 aromatic carbocycles. The molecule has 1 unspecified atom stereocenters. The van der Waals surface area contributed by atoms with Gasteiger partial charge in [0.15, 0.2) is 0 Å². The van der Waals surface area contributed by atoms with E-state index in [1.807, 2.05) is 34.1 Å². The zero-order valence-electron chi connectivity index (χ0n) is 14.9. The summed E-state index contributed by atoms with van der Waals surface area (Å²) in [6.45, 7) is 4.93. The second-order valence-electron chi connectivity index (χ2n) is 7.36. The van der Waals surface area contributed by atoms with Gasteiger partial charge in [0.1, 0.15) is 0 Å². The molecule has 1 aliphatic heterocycles. The summed E-state index contributed by atoms with van der Waals surface area (Å²) in [6.07, 6.45) is 4.63. The number of likely N-dealkylation sites (tertiary alicyclic amines) is 1. The Morgan fingerprint density at radius 1 is 1.24 bits per heavy atom. The number of hydrogen-bond acceptors (Lipinski definition) is 2. The third-order valence-corrected chi connectivity index (χ3v) is 5.37. The summed E-state index contributed by atoms with van der Waals surface area (Å²) in [5.74, 6) is 1.02. The van der Waals surface area contributed by atoms with Crippen LogP contribution in [0.15, 0.2) is 24.3 Å². The molecule has 1 saturated heterocycles. The highest BCUT2D eigenvalue weighted by molar-refractivity contribution is 6.30. The lowest BCUT2D eigenvalue weighted by atomic mass is 9.95. The van der Waals surface area contributed by atoms with Crippen molar-refractivity contribution in [2.24, 2.45) is 11.8 Å². The van der Waals surface area contributed by atoms with Crippen molar-refractivity contribution >= 4 is 23.4 Å². The Labute approximate surface area is 155 Å². The maximum atomic E-state index is 13.0. The first-order valence-electron chi connectivity index (χ1n) is 9.37. The van der Waals surface area contributed by atoms with Crippen molar-refractivity contribution in [3.63, 3.8) is 0 Å². The molecule has 1 aromatic rings. The van der Waals surface area contributed by atoms with Gasteiger partial charge in [-0.1, -0.05) is 30.7 Å². The monoisotopic (exact) mass is 362 g/mol. The zero-order chi connectivity index (χ0) is 17.8. The lowest BCUT2D eigenvalue weighted by molar-refractivity contribution is -0.143. The van der Waals surface area contributed by atoms with Crippen LogP contribution >= 0.6 is 11.6 Å². The summed E-state index contributed by atoms with van der Waals surface area (Å²) < 4.78 is 0. The number of amides is 2. The topological polar surface area (TPSA) is 40.6 Å². The molecule has 3 rings (SSSR count). The third kappa shape index (κ3) is 4.97. The molecule has 136 valence electrons. The highest BCUT2D eigenvalue weighted by atomic mass is 35.5. The standard InChI is InChI=1S/C20H27ClN2O2/c1-2-11-22(12-15-3-4-15)20(25)17-7-10-19(24)23(14-17)13-16-5-8-18(21)9-6-16/h5-6,8-9,15,17H,2-4,7,10-14H2,1H3. The molecule has 0 spiro atoms. The molecule has 2 aliphatic rings. The Morgan fingerprint density at radius 3 is 2.60 bits per heavy atom. The molecule has 1 atom stereocenters. The van der Waals surface area contributed by atoms with Crippen LogP contribution in [0.3, 0.4) is 0 Å². The van der Waals surface area contributed by atoms with Crippen LogP contribution in [0.5, 0.6) is 0 Å². The number of halogens is 1. The predicted octanol–water partition coefficient (Wildman–Crippen LogP) is 3.73. The molecule has 25 heavy (non-hydrogen) atoms. The Hall–Kier alpha value is -1.55. The van der Waals surface area contributed by atoms with Crippen LogP contribution in [0, 0.1) is 11.8 Å². The molecule has 1 saturated carbocycles. The summed E-state index contributed by atoms with van der Waals surface area (Å²) in [5, 5.41) is 0.692. The molecule has 1 heterocycles. The maximum absolute atomic E-state index is 13.0. The van der Waals surface area contributed by atoms with Gasteiger partial charge in [-0.05, 0) is 49.3 Å². The minimum atomic E-state index is -0.0599. The summed E-state index contributed by atoms with van der Waals surface area (Å²) in [5.41, 5.74) is 1.05. The number of hydrogen-bond donors (Lipinski definition) is 0. The molecule has 1 aliphatic carbocycles. The normalized spacial score (nSPS) is 20.6. The van der Waals surface area contributed by atoms with Crippen molar-refractivity contribution in [2.75, 3.05) is 19.6 Å². The quantitative estimate of drug-likeness (QED) is 0.741.